The summed E-state index contributed by atoms with van der Waals surface area (Å²) in [6, 6.07) is 4.80. The normalized spacial score (nSPS) is 12.5. The lowest BCUT2D eigenvalue weighted by Gasteiger charge is -2.21. The van der Waals surface area contributed by atoms with Gasteiger partial charge in [-0.1, -0.05) is 6.07 Å². The first kappa shape index (κ1) is 17.9. The maximum Gasteiger partial charge on any atom is 0.242 e. The van der Waals surface area contributed by atoms with Crippen LogP contribution in [0, 0.1) is 12.3 Å². The topological polar surface area (TPSA) is 66.5 Å². The fraction of sp³-hybridized carbons (Fsp3) is 0.500. The van der Waals surface area contributed by atoms with E-state index < -0.39 is 15.4 Å². The molecule has 21 heavy (non-hydrogen) atoms. The van der Waals surface area contributed by atoms with Crippen molar-refractivity contribution in [2.24, 2.45) is 5.41 Å². The van der Waals surface area contributed by atoms with Gasteiger partial charge in [-0.25, -0.2) is 12.7 Å². The Morgan fingerprint density at radius 3 is 2.38 bits per heavy atom. The molecule has 0 spiro atoms. The summed E-state index contributed by atoms with van der Waals surface area (Å²) >= 11 is 5.76. The molecule has 0 aliphatic rings. The van der Waals surface area contributed by atoms with Gasteiger partial charge in [0, 0.05) is 25.7 Å². The van der Waals surface area contributed by atoms with E-state index in [1.54, 1.807) is 32.9 Å². The van der Waals surface area contributed by atoms with Crippen molar-refractivity contribution in [3.63, 3.8) is 0 Å². The van der Waals surface area contributed by atoms with Gasteiger partial charge in [0.25, 0.3) is 0 Å². The molecule has 7 heteroatoms. The third-order valence-corrected chi connectivity index (χ3v) is 5.78. The summed E-state index contributed by atoms with van der Waals surface area (Å²) in [5, 5.41) is 2.71. The molecule has 5 nitrogen and oxygen atoms in total. The van der Waals surface area contributed by atoms with Gasteiger partial charge in [0.05, 0.1) is 10.3 Å². The van der Waals surface area contributed by atoms with E-state index >= 15 is 0 Å². The molecule has 0 radical (unpaired) electrons. The highest BCUT2D eigenvalue weighted by Gasteiger charge is 2.27. The molecule has 0 saturated carbocycles. The van der Waals surface area contributed by atoms with Crippen LogP contribution in [0.25, 0.3) is 0 Å². The van der Waals surface area contributed by atoms with Gasteiger partial charge in [-0.3, -0.25) is 4.79 Å². The van der Waals surface area contributed by atoms with E-state index in [0.717, 1.165) is 4.31 Å². The van der Waals surface area contributed by atoms with Gasteiger partial charge in [0.2, 0.25) is 15.9 Å². The zero-order valence-electron chi connectivity index (χ0n) is 12.9. The SMILES string of the molecule is Cc1ccc(NC(=O)C(C)(C)CCl)cc1S(=O)(=O)N(C)C. The molecule has 0 aromatic heterocycles. The Morgan fingerprint density at radius 1 is 1.33 bits per heavy atom. The quantitative estimate of drug-likeness (QED) is 0.842. The van der Waals surface area contributed by atoms with E-state index in [1.165, 1.54) is 20.2 Å². The molecule has 1 aromatic rings. The summed E-state index contributed by atoms with van der Waals surface area (Å²) in [6.45, 7) is 5.16. The minimum atomic E-state index is -3.55. The van der Waals surface area contributed by atoms with Crippen LogP contribution in [-0.2, 0) is 14.8 Å². The number of carbonyl (C=O) groups excluding carboxylic acids is 1. The Morgan fingerprint density at radius 2 is 1.90 bits per heavy atom. The van der Waals surface area contributed by atoms with Gasteiger partial charge in [0.1, 0.15) is 0 Å². The average Bonchev–Trinajstić information content (AvgIpc) is 2.40. The van der Waals surface area contributed by atoms with Gasteiger partial charge in [-0.05, 0) is 38.5 Å². The van der Waals surface area contributed by atoms with Crippen molar-refractivity contribution in [3.8, 4) is 0 Å². The van der Waals surface area contributed by atoms with Crippen LogP contribution in [-0.4, -0.2) is 38.6 Å². The van der Waals surface area contributed by atoms with Crippen molar-refractivity contribution in [2.45, 2.75) is 25.7 Å². The monoisotopic (exact) mass is 332 g/mol. The van der Waals surface area contributed by atoms with E-state index in [2.05, 4.69) is 5.32 Å². The van der Waals surface area contributed by atoms with Crippen molar-refractivity contribution < 1.29 is 13.2 Å². The van der Waals surface area contributed by atoms with Crippen molar-refractivity contribution in [1.82, 2.24) is 4.31 Å². The molecule has 1 rings (SSSR count). The maximum atomic E-state index is 12.2. The highest BCUT2D eigenvalue weighted by molar-refractivity contribution is 7.89. The fourth-order valence-electron chi connectivity index (χ4n) is 1.51. The molecule has 0 bridgehead atoms. The van der Waals surface area contributed by atoms with Gasteiger partial charge in [-0.15, -0.1) is 11.6 Å². The van der Waals surface area contributed by atoms with E-state index in [-0.39, 0.29) is 16.7 Å². The van der Waals surface area contributed by atoms with Crippen molar-refractivity contribution in [2.75, 3.05) is 25.3 Å². The number of hydrogen-bond donors (Lipinski definition) is 1. The van der Waals surface area contributed by atoms with Crippen molar-refractivity contribution in [1.29, 1.82) is 0 Å². The molecule has 1 amide bonds. The summed E-state index contributed by atoms with van der Waals surface area (Å²) in [5.74, 6) is -0.0809. The molecule has 1 N–H and O–H groups in total. The number of alkyl halides is 1. The second kappa shape index (κ2) is 6.34. The first-order chi connectivity index (χ1) is 9.52. The zero-order chi connectivity index (χ0) is 16.4. The largest absolute Gasteiger partial charge is 0.326 e. The number of carbonyl (C=O) groups is 1. The van der Waals surface area contributed by atoms with Gasteiger partial charge >= 0.3 is 0 Å². The van der Waals surface area contributed by atoms with Crippen molar-refractivity contribution >= 4 is 33.2 Å². The number of nitrogens with zero attached hydrogens (tertiary/aromatic N) is 1. The summed E-state index contributed by atoms with van der Waals surface area (Å²) in [5.41, 5.74) is 0.329. The molecule has 0 unspecified atom stereocenters. The van der Waals surface area contributed by atoms with Crippen LogP contribution in [0.5, 0.6) is 0 Å². The molecule has 0 atom stereocenters. The van der Waals surface area contributed by atoms with Gasteiger partial charge in [-0.2, -0.15) is 0 Å². The lowest BCUT2D eigenvalue weighted by molar-refractivity contribution is -0.122. The van der Waals surface area contributed by atoms with E-state index in [4.69, 9.17) is 11.6 Å². The van der Waals surface area contributed by atoms with Crippen LogP contribution in [0.1, 0.15) is 19.4 Å². The number of aryl methyl sites for hydroxylation is 1. The van der Waals surface area contributed by atoms with E-state index in [1.807, 2.05) is 0 Å². The van der Waals surface area contributed by atoms with E-state index in [0.29, 0.717) is 11.3 Å². The number of anilines is 1. The number of benzene rings is 1. The fourth-order valence-corrected chi connectivity index (χ4v) is 2.78. The number of rotatable bonds is 5. The minimum Gasteiger partial charge on any atom is -0.326 e. The molecule has 118 valence electrons. The predicted molar refractivity (Wildman–Crippen MR) is 85.2 cm³/mol. The number of sulfonamides is 1. The molecule has 1 aromatic carbocycles. The first-order valence-corrected chi connectivity index (χ1v) is 8.40. The Hall–Kier alpha value is -1.11. The summed E-state index contributed by atoms with van der Waals surface area (Å²) in [6.07, 6.45) is 0. The van der Waals surface area contributed by atoms with Crippen molar-refractivity contribution in [3.05, 3.63) is 23.8 Å². The second-order valence-corrected chi connectivity index (χ2v) is 8.13. The Labute approximate surface area is 131 Å². The van der Waals surface area contributed by atoms with Crippen LogP contribution >= 0.6 is 11.6 Å². The smallest absolute Gasteiger partial charge is 0.242 e. The Kier molecular flexibility index (Phi) is 5.41. The molecular formula is C14H21ClN2O3S. The number of halogens is 1. The van der Waals surface area contributed by atoms with Gasteiger partial charge in [0.15, 0.2) is 0 Å². The molecule has 0 aliphatic carbocycles. The highest BCUT2D eigenvalue weighted by atomic mass is 35.5. The molecule has 0 saturated heterocycles. The van der Waals surface area contributed by atoms with E-state index in [9.17, 15) is 13.2 Å². The number of amides is 1. The van der Waals surface area contributed by atoms with Crippen LogP contribution < -0.4 is 5.32 Å². The Balaban J connectivity index is 3.18. The van der Waals surface area contributed by atoms with Crippen LogP contribution in [0.15, 0.2) is 23.1 Å². The lowest BCUT2D eigenvalue weighted by Crippen LogP contribution is -2.32. The van der Waals surface area contributed by atoms with Gasteiger partial charge < -0.3 is 5.32 Å². The highest BCUT2D eigenvalue weighted by Crippen LogP contribution is 2.25. The van der Waals surface area contributed by atoms with Crippen LogP contribution in [0.3, 0.4) is 0 Å². The second-order valence-electron chi connectivity index (χ2n) is 5.74. The molecule has 0 heterocycles. The van der Waals surface area contributed by atoms with Crippen LogP contribution in [0.4, 0.5) is 5.69 Å². The minimum absolute atomic E-state index is 0.174. The third-order valence-electron chi connectivity index (χ3n) is 3.15. The molecule has 0 aliphatic heterocycles. The maximum absolute atomic E-state index is 12.2. The summed E-state index contributed by atoms with van der Waals surface area (Å²) < 4.78 is 25.6. The number of hydrogen-bond acceptors (Lipinski definition) is 3. The standard InChI is InChI=1S/C14H21ClN2O3S/c1-10-6-7-11(16-13(18)14(2,3)9-15)8-12(10)21(19,20)17(4)5/h6-8H,9H2,1-5H3,(H,16,18). The Bertz CT molecular complexity index is 640. The first-order valence-electron chi connectivity index (χ1n) is 6.43. The predicted octanol–water partition coefficient (Wildman–Crippen LogP) is 2.45. The third kappa shape index (κ3) is 3.96. The number of nitrogens with one attached hydrogen (secondary N) is 1. The molecular weight excluding hydrogens is 312 g/mol. The summed E-state index contributed by atoms with van der Waals surface area (Å²) in [7, 11) is -0.613. The lowest BCUT2D eigenvalue weighted by atomic mass is 9.95. The average molecular weight is 333 g/mol. The van der Waals surface area contributed by atoms with Crippen LogP contribution in [0.2, 0.25) is 0 Å². The molecule has 0 fully saturated rings. The zero-order valence-corrected chi connectivity index (χ0v) is 14.5. The summed E-state index contributed by atoms with van der Waals surface area (Å²) in [4.78, 5) is 12.3.